The van der Waals surface area contributed by atoms with Crippen molar-refractivity contribution >= 4 is 16.8 Å². The van der Waals surface area contributed by atoms with Crippen molar-refractivity contribution in [2.75, 3.05) is 0 Å². The van der Waals surface area contributed by atoms with Crippen LogP contribution in [0, 0.1) is 17.2 Å². The van der Waals surface area contributed by atoms with Gasteiger partial charge in [0.15, 0.2) is 11.6 Å². The molecule has 4 fully saturated rings. The second-order valence-corrected chi connectivity index (χ2v) is 10.1. The largest absolute Gasteiger partial charge is 0.573 e. The van der Waals surface area contributed by atoms with Gasteiger partial charge in [-0.05, 0) is 67.1 Å². The molecule has 0 spiro atoms. The summed E-state index contributed by atoms with van der Waals surface area (Å²) in [6.45, 7) is 4.15. The van der Waals surface area contributed by atoms with E-state index in [1.54, 1.807) is 6.20 Å². The second kappa shape index (κ2) is 6.87. The van der Waals surface area contributed by atoms with Crippen LogP contribution in [0.4, 0.5) is 17.6 Å². The van der Waals surface area contributed by atoms with Crippen LogP contribution in [-0.2, 0) is 4.79 Å². The smallest absolute Gasteiger partial charge is 0.403 e. The SMILES string of the molecule is CC(CC(=O)N1C2CC3CC1CC(C)(C3)C2)c1c[nH]c2ccc(OC(F)(F)F)c(F)c12. The van der Waals surface area contributed by atoms with Crippen LogP contribution in [0.5, 0.6) is 5.75 Å². The molecule has 4 aliphatic rings. The Bertz CT molecular complexity index is 1010. The van der Waals surface area contributed by atoms with E-state index in [4.69, 9.17) is 0 Å². The molecule has 168 valence electrons. The average molecular weight is 438 g/mol. The Labute approximate surface area is 177 Å². The highest BCUT2D eigenvalue weighted by atomic mass is 19.4. The Morgan fingerprint density at radius 2 is 1.94 bits per heavy atom. The maximum absolute atomic E-state index is 14.9. The minimum Gasteiger partial charge on any atom is -0.403 e. The Kier molecular flexibility index (Phi) is 4.58. The van der Waals surface area contributed by atoms with Crippen LogP contribution in [0.3, 0.4) is 0 Å². The number of nitrogens with zero attached hydrogens (tertiary/aromatic N) is 1. The molecule has 2 aromatic rings. The number of halogens is 4. The molecule has 1 N–H and O–H groups in total. The first-order chi connectivity index (χ1) is 14.5. The topological polar surface area (TPSA) is 45.3 Å². The molecule has 4 nitrogen and oxygen atoms in total. The van der Waals surface area contributed by atoms with Gasteiger partial charge in [-0.2, -0.15) is 0 Å². The molecule has 6 rings (SSSR count). The van der Waals surface area contributed by atoms with Crippen LogP contribution in [-0.4, -0.2) is 34.2 Å². The fourth-order valence-electron chi connectivity index (χ4n) is 6.67. The molecular weight excluding hydrogens is 412 g/mol. The van der Waals surface area contributed by atoms with Gasteiger partial charge in [-0.25, -0.2) is 4.39 Å². The van der Waals surface area contributed by atoms with E-state index >= 15 is 0 Å². The average Bonchev–Trinajstić information content (AvgIpc) is 3.06. The molecule has 2 saturated heterocycles. The molecule has 1 aromatic heterocycles. The predicted molar refractivity (Wildman–Crippen MR) is 107 cm³/mol. The Morgan fingerprint density at radius 1 is 1.26 bits per heavy atom. The summed E-state index contributed by atoms with van der Waals surface area (Å²) in [7, 11) is 0. The van der Waals surface area contributed by atoms with Gasteiger partial charge in [0.2, 0.25) is 5.91 Å². The number of H-pyrrole nitrogens is 1. The summed E-state index contributed by atoms with van der Waals surface area (Å²) in [6, 6.07) is 2.88. The number of aromatic amines is 1. The van der Waals surface area contributed by atoms with Crippen LogP contribution < -0.4 is 4.74 Å². The predicted octanol–water partition coefficient (Wildman–Crippen LogP) is 5.88. The molecule has 0 radical (unpaired) electrons. The summed E-state index contributed by atoms with van der Waals surface area (Å²) in [5, 5.41) is 0.0506. The van der Waals surface area contributed by atoms with E-state index in [0.717, 1.165) is 31.7 Å². The number of hydrogen-bond donors (Lipinski definition) is 1. The quantitative estimate of drug-likeness (QED) is 0.606. The van der Waals surface area contributed by atoms with Crippen molar-refractivity contribution in [3.8, 4) is 5.75 Å². The van der Waals surface area contributed by atoms with Crippen molar-refractivity contribution in [1.29, 1.82) is 0 Å². The minimum absolute atomic E-state index is 0.0506. The lowest BCUT2D eigenvalue weighted by molar-refractivity contribution is -0.275. The standard InChI is InChI=1S/C23H26F4N2O2/c1-12(5-19(30)29-14-6-13-7-15(29)10-22(2,8-13)9-14)16-11-28-17-3-4-18(21(24)20(16)17)31-23(25,26)27/h3-4,11-15,28H,5-10H2,1-2H3. The van der Waals surface area contributed by atoms with Gasteiger partial charge in [-0.3, -0.25) is 4.79 Å². The Hall–Kier alpha value is -2.25. The highest BCUT2D eigenvalue weighted by molar-refractivity contribution is 5.87. The number of fused-ring (bicyclic) bond motifs is 1. The normalized spacial score (nSPS) is 30.8. The number of amides is 1. The number of nitrogens with one attached hydrogen (secondary N) is 1. The third kappa shape index (κ3) is 3.57. The highest BCUT2D eigenvalue weighted by Gasteiger charge is 2.53. The van der Waals surface area contributed by atoms with Gasteiger partial charge in [0.1, 0.15) is 0 Å². The van der Waals surface area contributed by atoms with Gasteiger partial charge in [-0.15, -0.1) is 13.2 Å². The number of alkyl halides is 3. The lowest BCUT2D eigenvalue weighted by Crippen LogP contribution is -2.62. The molecule has 1 aromatic carbocycles. The molecule has 2 aliphatic heterocycles. The molecule has 3 unspecified atom stereocenters. The second-order valence-electron chi connectivity index (χ2n) is 10.1. The van der Waals surface area contributed by atoms with Gasteiger partial charge in [0.25, 0.3) is 0 Å². The molecule has 31 heavy (non-hydrogen) atoms. The van der Waals surface area contributed by atoms with Gasteiger partial charge in [-0.1, -0.05) is 13.8 Å². The summed E-state index contributed by atoms with van der Waals surface area (Å²) in [4.78, 5) is 18.2. The van der Waals surface area contributed by atoms with Crippen LogP contribution in [0.15, 0.2) is 18.3 Å². The van der Waals surface area contributed by atoms with Crippen molar-refractivity contribution in [3.63, 3.8) is 0 Å². The molecule has 2 saturated carbocycles. The van der Waals surface area contributed by atoms with Crippen LogP contribution in [0.25, 0.3) is 10.9 Å². The van der Waals surface area contributed by atoms with Crippen molar-refractivity contribution < 1.29 is 27.1 Å². The van der Waals surface area contributed by atoms with E-state index < -0.39 is 17.9 Å². The van der Waals surface area contributed by atoms with E-state index in [2.05, 4.69) is 21.5 Å². The van der Waals surface area contributed by atoms with Crippen LogP contribution in [0.1, 0.15) is 63.9 Å². The first-order valence-electron chi connectivity index (χ1n) is 10.9. The van der Waals surface area contributed by atoms with E-state index in [9.17, 15) is 22.4 Å². The summed E-state index contributed by atoms with van der Waals surface area (Å²) >= 11 is 0. The summed E-state index contributed by atoms with van der Waals surface area (Å²) in [5.74, 6) is -1.50. The van der Waals surface area contributed by atoms with Gasteiger partial charge in [0, 0.05) is 35.6 Å². The maximum atomic E-state index is 14.9. The number of aromatic nitrogens is 1. The first kappa shape index (κ1) is 20.6. The lowest BCUT2D eigenvalue weighted by atomic mass is 9.56. The fraction of sp³-hybridized carbons (Fsp3) is 0.609. The number of carbonyl (C=O) groups excluding carboxylic acids is 1. The third-order valence-corrected chi connectivity index (χ3v) is 7.54. The van der Waals surface area contributed by atoms with Crippen LogP contribution in [0.2, 0.25) is 0 Å². The van der Waals surface area contributed by atoms with Crippen molar-refractivity contribution in [1.82, 2.24) is 9.88 Å². The molecule has 8 heteroatoms. The zero-order valence-corrected chi connectivity index (χ0v) is 17.6. The highest BCUT2D eigenvalue weighted by Crippen LogP contribution is 2.56. The van der Waals surface area contributed by atoms with Gasteiger partial charge < -0.3 is 14.6 Å². The monoisotopic (exact) mass is 438 g/mol. The van der Waals surface area contributed by atoms with Gasteiger partial charge >= 0.3 is 6.36 Å². The number of ether oxygens (including phenoxy) is 1. The fourth-order valence-corrected chi connectivity index (χ4v) is 6.67. The molecule has 3 heterocycles. The van der Waals surface area contributed by atoms with E-state index in [-0.39, 0.29) is 35.7 Å². The zero-order chi connectivity index (χ0) is 22.1. The zero-order valence-electron chi connectivity index (χ0n) is 17.6. The molecule has 2 aliphatic carbocycles. The molecular formula is C23H26F4N2O2. The third-order valence-electron chi connectivity index (χ3n) is 7.54. The Balaban J connectivity index is 1.38. The summed E-state index contributed by atoms with van der Waals surface area (Å²) in [6.07, 6.45) is 2.27. The lowest BCUT2D eigenvalue weighted by Gasteiger charge is -2.61. The maximum Gasteiger partial charge on any atom is 0.573 e. The number of carbonyl (C=O) groups is 1. The summed E-state index contributed by atoms with van der Waals surface area (Å²) < 4.78 is 56.5. The number of hydrogen-bond acceptors (Lipinski definition) is 2. The van der Waals surface area contributed by atoms with E-state index in [1.165, 1.54) is 12.5 Å². The van der Waals surface area contributed by atoms with Crippen molar-refractivity contribution in [2.45, 2.75) is 76.7 Å². The van der Waals surface area contributed by atoms with Crippen molar-refractivity contribution in [2.24, 2.45) is 11.3 Å². The van der Waals surface area contributed by atoms with E-state index in [1.807, 2.05) is 6.92 Å². The van der Waals surface area contributed by atoms with Crippen LogP contribution >= 0.6 is 0 Å². The molecule has 4 bridgehead atoms. The molecule has 3 atom stereocenters. The number of piperidine rings is 2. The van der Waals surface area contributed by atoms with E-state index in [0.29, 0.717) is 22.4 Å². The number of benzene rings is 1. The minimum atomic E-state index is -4.98. The number of rotatable bonds is 4. The summed E-state index contributed by atoms with van der Waals surface area (Å²) in [5.41, 5.74) is 1.21. The van der Waals surface area contributed by atoms with Gasteiger partial charge in [0.05, 0.1) is 0 Å². The van der Waals surface area contributed by atoms with Crippen molar-refractivity contribution in [3.05, 3.63) is 29.7 Å². The first-order valence-corrected chi connectivity index (χ1v) is 10.9. The Morgan fingerprint density at radius 3 is 2.55 bits per heavy atom. The molecule has 1 amide bonds.